The van der Waals surface area contributed by atoms with E-state index in [0.29, 0.717) is 19.6 Å². The van der Waals surface area contributed by atoms with Gasteiger partial charge in [0.15, 0.2) is 0 Å². The van der Waals surface area contributed by atoms with Crippen LogP contribution >= 0.6 is 0 Å². The van der Waals surface area contributed by atoms with E-state index in [9.17, 15) is 4.39 Å². The number of aryl methyl sites for hydroxylation is 1. The topological polar surface area (TPSA) is 74.5 Å². The lowest BCUT2D eigenvalue weighted by Crippen LogP contribution is -2.08. The monoisotopic (exact) mass is 274 g/mol. The van der Waals surface area contributed by atoms with Gasteiger partial charge < -0.3 is 10.3 Å². The number of aromatic nitrogens is 5. The molecule has 0 aliphatic heterocycles. The average molecular weight is 274 g/mol. The van der Waals surface area contributed by atoms with Gasteiger partial charge in [-0.05, 0) is 25.1 Å². The van der Waals surface area contributed by atoms with Crippen LogP contribution in [0.2, 0.25) is 0 Å². The van der Waals surface area contributed by atoms with Gasteiger partial charge in [-0.1, -0.05) is 5.21 Å². The summed E-state index contributed by atoms with van der Waals surface area (Å²) < 4.78 is 17.0. The molecule has 0 amide bonds. The highest BCUT2D eigenvalue weighted by Crippen LogP contribution is 2.18. The van der Waals surface area contributed by atoms with Crippen LogP contribution in [-0.2, 0) is 19.6 Å². The number of rotatable bonds is 4. The molecule has 0 atom stereocenters. The van der Waals surface area contributed by atoms with Crippen LogP contribution in [0, 0.1) is 5.82 Å². The van der Waals surface area contributed by atoms with E-state index in [1.807, 2.05) is 11.5 Å². The summed E-state index contributed by atoms with van der Waals surface area (Å²) in [5.41, 5.74) is 7.82. The fourth-order valence-corrected chi connectivity index (χ4v) is 2.27. The van der Waals surface area contributed by atoms with Gasteiger partial charge in [-0.2, -0.15) is 0 Å². The molecule has 2 heterocycles. The molecule has 1 aromatic carbocycles. The van der Waals surface area contributed by atoms with E-state index in [1.54, 1.807) is 16.9 Å². The normalized spacial score (nSPS) is 11.3. The largest absolute Gasteiger partial charge is 0.327 e. The van der Waals surface area contributed by atoms with Crippen molar-refractivity contribution in [2.24, 2.45) is 5.73 Å². The van der Waals surface area contributed by atoms with Crippen molar-refractivity contribution in [1.82, 2.24) is 24.5 Å². The number of hydrogen-bond donors (Lipinski definition) is 1. The van der Waals surface area contributed by atoms with Crippen molar-refractivity contribution in [3.05, 3.63) is 41.7 Å². The number of imidazole rings is 1. The van der Waals surface area contributed by atoms with Crippen molar-refractivity contribution in [3.8, 4) is 0 Å². The van der Waals surface area contributed by atoms with Crippen molar-refractivity contribution < 1.29 is 4.39 Å². The summed E-state index contributed by atoms with van der Waals surface area (Å²) in [6.07, 6.45) is 1.79. The highest BCUT2D eigenvalue weighted by molar-refractivity contribution is 5.76. The van der Waals surface area contributed by atoms with E-state index < -0.39 is 0 Å². The number of halogens is 1. The van der Waals surface area contributed by atoms with Gasteiger partial charge in [-0.3, -0.25) is 0 Å². The second-order valence-corrected chi connectivity index (χ2v) is 4.52. The van der Waals surface area contributed by atoms with E-state index in [4.69, 9.17) is 5.73 Å². The molecule has 0 unspecified atom stereocenters. The number of nitrogens with zero attached hydrogens (tertiary/aromatic N) is 5. The van der Waals surface area contributed by atoms with Gasteiger partial charge in [0, 0.05) is 13.1 Å². The zero-order valence-corrected chi connectivity index (χ0v) is 11.1. The maximum absolute atomic E-state index is 13.4. The summed E-state index contributed by atoms with van der Waals surface area (Å²) in [6, 6.07) is 4.61. The van der Waals surface area contributed by atoms with Gasteiger partial charge in [0.25, 0.3) is 0 Å². The van der Waals surface area contributed by atoms with Crippen molar-refractivity contribution in [1.29, 1.82) is 0 Å². The second-order valence-electron chi connectivity index (χ2n) is 4.52. The second kappa shape index (κ2) is 5.01. The zero-order chi connectivity index (χ0) is 14.1. The van der Waals surface area contributed by atoms with Crippen LogP contribution in [0.5, 0.6) is 0 Å². The number of hydrogen-bond acceptors (Lipinski definition) is 4. The Labute approximate surface area is 115 Å². The van der Waals surface area contributed by atoms with Gasteiger partial charge >= 0.3 is 0 Å². The van der Waals surface area contributed by atoms with Crippen LogP contribution in [0.1, 0.15) is 18.4 Å². The quantitative estimate of drug-likeness (QED) is 0.778. The van der Waals surface area contributed by atoms with Crippen molar-refractivity contribution >= 4 is 11.0 Å². The van der Waals surface area contributed by atoms with Gasteiger partial charge in [0.1, 0.15) is 18.2 Å². The van der Waals surface area contributed by atoms with Crippen molar-refractivity contribution in [3.63, 3.8) is 0 Å². The van der Waals surface area contributed by atoms with E-state index in [2.05, 4.69) is 15.3 Å². The van der Waals surface area contributed by atoms with Crippen LogP contribution in [0.4, 0.5) is 4.39 Å². The summed E-state index contributed by atoms with van der Waals surface area (Å²) >= 11 is 0. The summed E-state index contributed by atoms with van der Waals surface area (Å²) in [7, 11) is 0. The Morgan fingerprint density at radius 1 is 1.35 bits per heavy atom. The minimum atomic E-state index is -0.259. The smallest absolute Gasteiger partial charge is 0.131 e. The first-order valence-corrected chi connectivity index (χ1v) is 6.45. The Hall–Kier alpha value is -2.28. The molecule has 0 fully saturated rings. The summed E-state index contributed by atoms with van der Waals surface area (Å²) in [5.74, 6) is 0.561. The Bertz CT molecular complexity index is 744. The predicted molar refractivity (Wildman–Crippen MR) is 72.4 cm³/mol. The molecular formula is C13H15FN6. The molecule has 20 heavy (non-hydrogen) atoms. The summed E-state index contributed by atoms with van der Waals surface area (Å²) in [4.78, 5) is 4.53. The van der Waals surface area contributed by atoms with E-state index in [0.717, 1.165) is 22.6 Å². The molecular weight excluding hydrogens is 259 g/mol. The molecule has 3 rings (SSSR count). The van der Waals surface area contributed by atoms with Crippen LogP contribution in [0.3, 0.4) is 0 Å². The Kier molecular flexibility index (Phi) is 3.19. The first-order valence-electron chi connectivity index (χ1n) is 6.45. The van der Waals surface area contributed by atoms with Crippen molar-refractivity contribution in [2.75, 3.05) is 0 Å². The fraction of sp³-hybridized carbons (Fsp3) is 0.308. The molecule has 7 heteroatoms. The lowest BCUT2D eigenvalue weighted by atomic mass is 10.3. The number of nitrogens with two attached hydrogens (primary N) is 1. The highest BCUT2D eigenvalue weighted by atomic mass is 19.1. The minimum absolute atomic E-state index is 0.259. The Balaban J connectivity index is 2.02. The standard InChI is InChI=1S/C13H15FN6/c1-2-20-12-5-9(14)3-4-11(12)16-13(20)8-19-7-10(6-15)17-18-19/h3-5,7H,2,6,8,15H2,1H3. The Morgan fingerprint density at radius 3 is 2.90 bits per heavy atom. The maximum atomic E-state index is 13.4. The molecule has 104 valence electrons. The lowest BCUT2D eigenvalue weighted by Gasteiger charge is -2.05. The van der Waals surface area contributed by atoms with E-state index in [1.165, 1.54) is 12.1 Å². The van der Waals surface area contributed by atoms with Gasteiger partial charge in [-0.15, -0.1) is 5.10 Å². The van der Waals surface area contributed by atoms with E-state index in [-0.39, 0.29) is 5.82 Å². The molecule has 0 spiro atoms. The summed E-state index contributed by atoms with van der Waals surface area (Å²) in [5, 5.41) is 7.95. The molecule has 0 saturated carbocycles. The third-order valence-corrected chi connectivity index (χ3v) is 3.20. The van der Waals surface area contributed by atoms with Gasteiger partial charge in [-0.25, -0.2) is 14.1 Å². The maximum Gasteiger partial charge on any atom is 0.131 e. The molecule has 0 radical (unpaired) electrons. The summed E-state index contributed by atoms with van der Waals surface area (Å²) in [6.45, 7) is 3.56. The zero-order valence-electron chi connectivity index (χ0n) is 11.1. The first-order chi connectivity index (χ1) is 9.71. The molecule has 0 aliphatic carbocycles. The fourth-order valence-electron chi connectivity index (χ4n) is 2.27. The SMILES string of the molecule is CCn1c(Cn2cc(CN)nn2)nc2ccc(F)cc21. The third kappa shape index (κ3) is 2.16. The number of benzene rings is 1. The van der Waals surface area contributed by atoms with Gasteiger partial charge in [0.05, 0.1) is 22.9 Å². The van der Waals surface area contributed by atoms with Crippen LogP contribution in [0.25, 0.3) is 11.0 Å². The molecule has 6 nitrogen and oxygen atoms in total. The molecule has 0 aliphatic rings. The van der Waals surface area contributed by atoms with Crippen LogP contribution in [0.15, 0.2) is 24.4 Å². The highest BCUT2D eigenvalue weighted by Gasteiger charge is 2.11. The molecule has 0 bridgehead atoms. The Morgan fingerprint density at radius 2 is 2.20 bits per heavy atom. The molecule has 3 aromatic rings. The first kappa shape index (κ1) is 12.7. The van der Waals surface area contributed by atoms with Crippen molar-refractivity contribution in [2.45, 2.75) is 26.6 Å². The predicted octanol–water partition coefficient (Wildman–Crippen LogP) is 1.29. The van der Waals surface area contributed by atoms with Gasteiger partial charge in [0.2, 0.25) is 0 Å². The molecule has 0 saturated heterocycles. The third-order valence-electron chi connectivity index (χ3n) is 3.20. The molecule has 2 N–H and O–H groups in total. The lowest BCUT2D eigenvalue weighted by molar-refractivity contribution is 0.593. The number of fused-ring (bicyclic) bond motifs is 1. The minimum Gasteiger partial charge on any atom is -0.327 e. The van der Waals surface area contributed by atoms with E-state index >= 15 is 0 Å². The molecule has 2 aromatic heterocycles. The average Bonchev–Trinajstić information content (AvgIpc) is 3.02. The van der Waals surface area contributed by atoms with Crippen LogP contribution in [-0.4, -0.2) is 24.5 Å². The van der Waals surface area contributed by atoms with Crippen LogP contribution < -0.4 is 5.73 Å².